The molecule has 4 aromatic rings. The summed E-state index contributed by atoms with van der Waals surface area (Å²) < 4.78 is 30.5. The van der Waals surface area contributed by atoms with Crippen LogP contribution in [0.3, 0.4) is 0 Å². The lowest BCUT2D eigenvalue weighted by molar-refractivity contribution is 0.262. The third-order valence-electron chi connectivity index (χ3n) is 5.94. The quantitative estimate of drug-likeness (QED) is 0.277. The predicted molar refractivity (Wildman–Crippen MR) is 148 cm³/mol. The Morgan fingerprint density at radius 2 is 1.82 bits per heavy atom. The molecule has 4 rings (SSSR count). The number of carbonyl (C=O) groups excluding carboxylic acids is 1. The number of nitrogens with zero attached hydrogens (tertiary/aromatic N) is 3. The van der Waals surface area contributed by atoms with Crippen LogP contribution < -0.4 is 21.5 Å². The van der Waals surface area contributed by atoms with Crippen molar-refractivity contribution in [3.8, 4) is 11.1 Å². The lowest BCUT2D eigenvalue weighted by atomic mass is 10.0. The molecule has 2 amide bonds. The van der Waals surface area contributed by atoms with Gasteiger partial charge in [-0.1, -0.05) is 11.6 Å². The van der Waals surface area contributed by atoms with E-state index in [1.54, 1.807) is 48.9 Å². The van der Waals surface area contributed by atoms with Gasteiger partial charge < -0.3 is 25.4 Å². The number of anilines is 3. The second-order valence-electron chi connectivity index (χ2n) is 8.92. The average molecular weight is 541 g/mol. The van der Waals surface area contributed by atoms with Crippen LogP contribution in [0.2, 0.25) is 5.02 Å². The second kappa shape index (κ2) is 11.2. The van der Waals surface area contributed by atoms with Crippen molar-refractivity contribution < 1.29 is 13.6 Å². The first-order chi connectivity index (χ1) is 18.1. The summed E-state index contributed by atoms with van der Waals surface area (Å²) >= 11 is 6.36. The molecule has 0 aliphatic rings. The Labute approximate surface area is 223 Å². The summed E-state index contributed by atoms with van der Waals surface area (Å²) in [4.78, 5) is 32.2. The minimum Gasteiger partial charge on any atom is -0.373 e. The largest absolute Gasteiger partial charge is 0.373 e. The normalized spacial score (nSPS) is 11.2. The molecule has 2 heterocycles. The highest BCUT2D eigenvalue weighted by Gasteiger charge is 2.18. The molecule has 2 aromatic heterocycles. The monoisotopic (exact) mass is 540 g/mol. The number of halogens is 3. The Morgan fingerprint density at radius 1 is 1.05 bits per heavy atom. The predicted octanol–water partition coefficient (Wildman–Crippen LogP) is 5.76. The first-order valence-corrected chi connectivity index (χ1v) is 12.2. The summed E-state index contributed by atoms with van der Waals surface area (Å²) in [5.74, 6) is -0.569. The average Bonchev–Trinajstić information content (AvgIpc) is 2.87. The molecule has 38 heavy (non-hydrogen) atoms. The van der Waals surface area contributed by atoms with Gasteiger partial charge in [0.25, 0.3) is 5.56 Å². The van der Waals surface area contributed by atoms with Crippen LogP contribution in [-0.2, 0) is 13.1 Å². The fourth-order valence-corrected chi connectivity index (χ4v) is 4.42. The molecule has 0 saturated heterocycles. The van der Waals surface area contributed by atoms with E-state index < -0.39 is 17.7 Å². The topological polar surface area (TPSA) is 91.3 Å². The maximum Gasteiger partial charge on any atom is 0.323 e. The van der Waals surface area contributed by atoms with Gasteiger partial charge in [0, 0.05) is 60.2 Å². The second-order valence-corrected chi connectivity index (χ2v) is 9.33. The number of fused-ring (bicyclic) bond motifs is 1. The van der Waals surface area contributed by atoms with Crippen LogP contribution in [0.15, 0.2) is 53.5 Å². The number of aryl methyl sites for hydroxylation is 1. The molecule has 0 atom stereocenters. The number of carbonyl (C=O) groups is 1. The summed E-state index contributed by atoms with van der Waals surface area (Å²) in [6.07, 6.45) is 1.63. The number of hydrogen-bond donors (Lipinski definition) is 3. The van der Waals surface area contributed by atoms with Crippen LogP contribution >= 0.6 is 11.6 Å². The Bertz CT molecular complexity index is 1590. The molecule has 2 aromatic carbocycles. The number of urea groups is 1. The molecule has 8 nitrogen and oxygen atoms in total. The van der Waals surface area contributed by atoms with Gasteiger partial charge in [0.05, 0.1) is 16.2 Å². The fourth-order valence-electron chi connectivity index (χ4n) is 4.17. The first kappa shape index (κ1) is 27.0. The third-order valence-corrected chi connectivity index (χ3v) is 6.25. The Hall–Kier alpha value is -4.02. The van der Waals surface area contributed by atoms with Crippen LogP contribution in [0.1, 0.15) is 12.5 Å². The summed E-state index contributed by atoms with van der Waals surface area (Å²) in [5, 5.41) is 8.69. The lowest BCUT2D eigenvalue weighted by Gasteiger charge is -2.15. The summed E-state index contributed by atoms with van der Waals surface area (Å²) in [6.45, 7) is 2.56. The number of benzene rings is 2. The molecule has 0 radical (unpaired) electrons. The van der Waals surface area contributed by atoms with Gasteiger partial charge in [-0.15, -0.1) is 0 Å². The molecule has 0 aliphatic heterocycles. The van der Waals surface area contributed by atoms with Gasteiger partial charge >= 0.3 is 6.03 Å². The minimum atomic E-state index is -0.779. The van der Waals surface area contributed by atoms with Crippen molar-refractivity contribution in [2.24, 2.45) is 0 Å². The van der Waals surface area contributed by atoms with Crippen LogP contribution in [0.5, 0.6) is 0 Å². The van der Waals surface area contributed by atoms with Crippen molar-refractivity contribution in [1.82, 2.24) is 14.5 Å². The first-order valence-electron chi connectivity index (χ1n) is 11.8. The van der Waals surface area contributed by atoms with Crippen LogP contribution in [0.25, 0.3) is 22.0 Å². The van der Waals surface area contributed by atoms with Crippen molar-refractivity contribution in [2.75, 3.05) is 37.1 Å². The zero-order chi connectivity index (χ0) is 27.6. The van der Waals surface area contributed by atoms with Crippen LogP contribution in [0, 0.1) is 11.6 Å². The van der Waals surface area contributed by atoms with E-state index in [0.717, 1.165) is 6.07 Å². The summed E-state index contributed by atoms with van der Waals surface area (Å²) in [7, 11) is 5.33. The van der Waals surface area contributed by atoms with Crippen molar-refractivity contribution >= 4 is 45.7 Å². The maximum atomic E-state index is 14.8. The third kappa shape index (κ3) is 5.61. The fraction of sp³-hybridized carbons (Fsp3) is 0.222. The number of aromatic nitrogens is 2. The van der Waals surface area contributed by atoms with Gasteiger partial charge in [0.15, 0.2) is 0 Å². The maximum absolute atomic E-state index is 14.8. The molecule has 0 spiro atoms. The van der Waals surface area contributed by atoms with Gasteiger partial charge in [-0.3, -0.25) is 4.79 Å². The number of hydrogen-bond acceptors (Lipinski definition) is 5. The van der Waals surface area contributed by atoms with E-state index >= 15 is 0 Å². The molecule has 198 valence electrons. The van der Waals surface area contributed by atoms with Crippen molar-refractivity contribution in [3.05, 3.63) is 81.2 Å². The molecule has 3 N–H and O–H groups in total. The van der Waals surface area contributed by atoms with E-state index in [-0.39, 0.29) is 27.4 Å². The standard InChI is InChI=1S/C27H27ClF2N6O2/c1-5-36-24-12-25(31-2)32-13-15(24)9-19(26(36)37)18-10-23(22(30)11-20(18)28)34-27(38)33-17-6-7-21(29)16(8-17)14-35(3)4/h6-13H,5,14H2,1-4H3,(H,31,32)(H2,33,34,38). The SMILES string of the molecule is CCn1c(=O)c(-c2cc(NC(=O)Nc3ccc(F)c(CN(C)C)c3)c(F)cc2Cl)cc2cnc(NC)cc21. The van der Waals surface area contributed by atoms with Gasteiger partial charge in [0.1, 0.15) is 17.5 Å². The highest BCUT2D eigenvalue weighted by Crippen LogP contribution is 2.33. The number of pyridine rings is 2. The van der Waals surface area contributed by atoms with Crippen molar-refractivity contribution in [2.45, 2.75) is 20.0 Å². The Kier molecular flexibility index (Phi) is 7.94. The van der Waals surface area contributed by atoms with Crippen LogP contribution in [-0.4, -0.2) is 41.6 Å². The highest BCUT2D eigenvalue weighted by atomic mass is 35.5. The molecule has 11 heteroatoms. The molecule has 0 saturated carbocycles. The van der Waals surface area contributed by atoms with E-state index in [4.69, 9.17) is 11.6 Å². The smallest absolute Gasteiger partial charge is 0.323 e. The Balaban J connectivity index is 1.68. The summed E-state index contributed by atoms with van der Waals surface area (Å²) in [5.41, 5.74) is 1.41. The highest BCUT2D eigenvalue weighted by molar-refractivity contribution is 6.33. The van der Waals surface area contributed by atoms with Gasteiger partial charge in [-0.25, -0.2) is 18.6 Å². The Morgan fingerprint density at radius 3 is 2.50 bits per heavy atom. The number of rotatable bonds is 7. The van der Waals surface area contributed by atoms with E-state index in [2.05, 4.69) is 20.9 Å². The zero-order valence-electron chi connectivity index (χ0n) is 21.3. The van der Waals surface area contributed by atoms with E-state index in [9.17, 15) is 18.4 Å². The van der Waals surface area contributed by atoms with Gasteiger partial charge in [-0.2, -0.15) is 0 Å². The molecular weight excluding hydrogens is 514 g/mol. The molecule has 0 aliphatic carbocycles. The lowest BCUT2D eigenvalue weighted by Crippen LogP contribution is -2.22. The van der Waals surface area contributed by atoms with E-state index in [0.29, 0.717) is 41.1 Å². The molecule has 0 bridgehead atoms. The van der Waals surface area contributed by atoms with E-state index in [1.165, 1.54) is 24.3 Å². The molecular formula is C27H27ClF2N6O2. The molecule has 0 unspecified atom stereocenters. The number of amides is 2. The van der Waals surface area contributed by atoms with Crippen molar-refractivity contribution in [1.29, 1.82) is 0 Å². The van der Waals surface area contributed by atoms with Gasteiger partial charge in [-0.05, 0) is 57.4 Å². The van der Waals surface area contributed by atoms with Gasteiger partial charge in [0.2, 0.25) is 0 Å². The zero-order valence-corrected chi connectivity index (χ0v) is 22.1. The minimum absolute atomic E-state index is 0.0132. The molecule has 0 fully saturated rings. The summed E-state index contributed by atoms with van der Waals surface area (Å²) in [6, 6.07) is 9.20. The van der Waals surface area contributed by atoms with E-state index in [1.807, 2.05) is 6.92 Å². The van der Waals surface area contributed by atoms with Crippen molar-refractivity contribution in [3.63, 3.8) is 0 Å². The number of nitrogens with one attached hydrogen (secondary N) is 3. The van der Waals surface area contributed by atoms with Crippen LogP contribution in [0.4, 0.5) is 30.8 Å².